The van der Waals surface area contributed by atoms with Crippen LogP contribution in [-0.2, 0) is 19.6 Å². The fourth-order valence-corrected chi connectivity index (χ4v) is 5.10. The minimum atomic E-state index is -3.96. The summed E-state index contributed by atoms with van der Waals surface area (Å²) in [5.41, 5.74) is 1.37. The fourth-order valence-electron chi connectivity index (χ4n) is 3.40. The van der Waals surface area contributed by atoms with Crippen LogP contribution in [0.4, 0.5) is 4.39 Å². The molecule has 0 radical (unpaired) electrons. The SMILES string of the molecule is COC(=O)C(c1ccc(Cl)cc1)N1CCN(S(=O)(=O)c2cc(C)ccc2F)CC1. The maximum atomic E-state index is 14.1. The molecule has 0 saturated carbocycles. The van der Waals surface area contributed by atoms with Crippen molar-refractivity contribution < 1.29 is 22.3 Å². The smallest absolute Gasteiger partial charge is 0.327 e. The first-order valence-electron chi connectivity index (χ1n) is 9.07. The Morgan fingerprint density at radius 2 is 1.72 bits per heavy atom. The number of sulfonamides is 1. The second kappa shape index (κ2) is 8.79. The summed E-state index contributed by atoms with van der Waals surface area (Å²) < 4.78 is 46.1. The molecule has 156 valence electrons. The zero-order chi connectivity index (χ0) is 21.2. The van der Waals surface area contributed by atoms with Crippen LogP contribution >= 0.6 is 11.6 Å². The van der Waals surface area contributed by atoms with Gasteiger partial charge in [-0.05, 0) is 42.3 Å². The zero-order valence-electron chi connectivity index (χ0n) is 16.1. The first kappa shape index (κ1) is 21.7. The highest BCUT2D eigenvalue weighted by atomic mass is 35.5. The molecule has 0 spiro atoms. The van der Waals surface area contributed by atoms with E-state index >= 15 is 0 Å². The van der Waals surface area contributed by atoms with Crippen molar-refractivity contribution in [1.29, 1.82) is 0 Å². The van der Waals surface area contributed by atoms with Crippen molar-refractivity contribution in [2.24, 2.45) is 0 Å². The van der Waals surface area contributed by atoms with E-state index in [4.69, 9.17) is 16.3 Å². The van der Waals surface area contributed by atoms with Gasteiger partial charge in [-0.25, -0.2) is 17.6 Å². The normalized spacial score (nSPS) is 17.1. The summed E-state index contributed by atoms with van der Waals surface area (Å²) in [6.45, 7) is 2.58. The van der Waals surface area contributed by atoms with Crippen LogP contribution in [0.5, 0.6) is 0 Å². The molecule has 1 aliphatic heterocycles. The second-order valence-electron chi connectivity index (χ2n) is 6.85. The molecule has 1 heterocycles. The molecule has 9 heteroatoms. The van der Waals surface area contributed by atoms with Crippen molar-refractivity contribution >= 4 is 27.6 Å². The monoisotopic (exact) mass is 440 g/mol. The summed E-state index contributed by atoms with van der Waals surface area (Å²) in [6, 6.07) is 10.2. The summed E-state index contributed by atoms with van der Waals surface area (Å²) in [4.78, 5) is 13.9. The zero-order valence-corrected chi connectivity index (χ0v) is 17.7. The van der Waals surface area contributed by atoms with E-state index in [2.05, 4.69) is 0 Å². The summed E-state index contributed by atoms with van der Waals surface area (Å²) in [7, 11) is -2.65. The predicted molar refractivity (Wildman–Crippen MR) is 108 cm³/mol. The van der Waals surface area contributed by atoms with E-state index in [1.165, 1.54) is 23.5 Å². The van der Waals surface area contributed by atoms with Crippen LogP contribution in [0.2, 0.25) is 5.02 Å². The number of hydrogen-bond acceptors (Lipinski definition) is 5. The molecule has 0 N–H and O–H groups in total. The number of aryl methyl sites for hydroxylation is 1. The summed E-state index contributed by atoms with van der Waals surface area (Å²) >= 11 is 5.93. The van der Waals surface area contributed by atoms with E-state index in [0.29, 0.717) is 29.2 Å². The van der Waals surface area contributed by atoms with Gasteiger partial charge in [0.25, 0.3) is 0 Å². The molecule has 1 aliphatic rings. The number of carbonyl (C=O) groups excluding carboxylic acids is 1. The standard InChI is InChI=1S/C20H22ClFN2O4S/c1-14-3-8-17(22)18(13-14)29(26,27)24-11-9-23(10-12-24)19(20(25)28-2)15-4-6-16(21)7-5-15/h3-8,13,19H,9-12H2,1-2H3. The van der Waals surface area contributed by atoms with E-state index in [0.717, 1.165) is 6.07 Å². The second-order valence-corrected chi connectivity index (χ2v) is 9.19. The lowest BCUT2D eigenvalue weighted by Crippen LogP contribution is -2.51. The van der Waals surface area contributed by atoms with Gasteiger partial charge in [0.05, 0.1) is 7.11 Å². The van der Waals surface area contributed by atoms with Crippen molar-refractivity contribution in [3.8, 4) is 0 Å². The number of rotatable bonds is 5. The van der Waals surface area contributed by atoms with Crippen LogP contribution in [0, 0.1) is 12.7 Å². The molecule has 0 aliphatic carbocycles. The quantitative estimate of drug-likeness (QED) is 0.668. The maximum Gasteiger partial charge on any atom is 0.327 e. The van der Waals surface area contributed by atoms with Crippen molar-refractivity contribution in [2.75, 3.05) is 33.3 Å². The van der Waals surface area contributed by atoms with E-state index in [-0.39, 0.29) is 18.0 Å². The summed E-state index contributed by atoms with van der Waals surface area (Å²) in [6.07, 6.45) is 0. The number of nitrogens with zero attached hydrogens (tertiary/aromatic N) is 2. The van der Waals surface area contributed by atoms with Crippen molar-refractivity contribution in [2.45, 2.75) is 17.9 Å². The third kappa shape index (κ3) is 4.61. The third-order valence-electron chi connectivity index (χ3n) is 4.95. The van der Waals surface area contributed by atoms with Crippen LogP contribution in [-0.4, -0.2) is 56.9 Å². The number of ether oxygens (including phenoxy) is 1. The highest BCUT2D eigenvalue weighted by Crippen LogP contribution is 2.27. The average Bonchev–Trinajstić information content (AvgIpc) is 2.71. The molecule has 2 aromatic rings. The minimum Gasteiger partial charge on any atom is -0.468 e. The lowest BCUT2D eigenvalue weighted by molar-refractivity contribution is -0.147. The van der Waals surface area contributed by atoms with Gasteiger partial charge >= 0.3 is 5.97 Å². The predicted octanol–water partition coefficient (Wildman–Crippen LogP) is 3.01. The molecule has 1 atom stereocenters. The lowest BCUT2D eigenvalue weighted by Gasteiger charge is -2.37. The van der Waals surface area contributed by atoms with Gasteiger partial charge in [-0.2, -0.15) is 4.31 Å². The Kier molecular flexibility index (Phi) is 6.58. The Morgan fingerprint density at radius 3 is 2.31 bits per heavy atom. The van der Waals surface area contributed by atoms with Gasteiger partial charge in [-0.3, -0.25) is 4.90 Å². The molecule has 3 rings (SSSR count). The molecular formula is C20H22ClFN2O4S. The molecule has 0 bridgehead atoms. The maximum absolute atomic E-state index is 14.1. The van der Waals surface area contributed by atoms with Crippen LogP contribution in [0.25, 0.3) is 0 Å². The van der Waals surface area contributed by atoms with E-state index in [1.54, 1.807) is 31.2 Å². The van der Waals surface area contributed by atoms with Crippen LogP contribution < -0.4 is 0 Å². The highest BCUT2D eigenvalue weighted by Gasteiger charge is 2.35. The molecule has 1 fully saturated rings. The minimum absolute atomic E-state index is 0.136. The molecule has 0 aromatic heterocycles. The van der Waals surface area contributed by atoms with E-state index in [9.17, 15) is 17.6 Å². The number of methoxy groups -OCH3 is 1. The van der Waals surface area contributed by atoms with E-state index < -0.39 is 27.9 Å². The van der Waals surface area contributed by atoms with Gasteiger partial charge in [0.15, 0.2) is 0 Å². The van der Waals surface area contributed by atoms with Gasteiger partial charge in [0.1, 0.15) is 16.8 Å². The Morgan fingerprint density at radius 1 is 1.10 bits per heavy atom. The van der Waals surface area contributed by atoms with Crippen molar-refractivity contribution in [3.63, 3.8) is 0 Å². The number of hydrogen-bond donors (Lipinski definition) is 0. The molecular weight excluding hydrogens is 419 g/mol. The third-order valence-corrected chi connectivity index (χ3v) is 7.12. The van der Waals surface area contributed by atoms with Crippen LogP contribution in [0.3, 0.4) is 0 Å². The van der Waals surface area contributed by atoms with Gasteiger partial charge < -0.3 is 4.74 Å². The number of halogens is 2. The fraction of sp³-hybridized carbons (Fsp3) is 0.350. The average molecular weight is 441 g/mol. The first-order chi connectivity index (χ1) is 13.7. The summed E-state index contributed by atoms with van der Waals surface area (Å²) in [5.74, 6) is -1.21. The number of benzene rings is 2. The van der Waals surface area contributed by atoms with Gasteiger partial charge in [0.2, 0.25) is 10.0 Å². The Labute approximate surface area is 174 Å². The van der Waals surface area contributed by atoms with Crippen LogP contribution in [0.1, 0.15) is 17.2 Å². The topological polar surface area (TPSA) is 66.9 Å². The largest absolute Gasteiger partial charge is 0.468 e. The van der Waals surface area contributed by atoms with Gasteiger partial charge in [-0.15, -0.1) is 0 Å². The number of piperazine rings is 1. The molecule has 1 saturated heterocycles. The molecule has 1 unspecified atom stereocenters. The molecule has 2 aromatic carbocycles. The Bertz CT molecular complexity index is 990. The lowest BCUT2D eigenvalue weighted by atomic mass is 10.0. The first-order valence-corrected chi connectivity index (χ1v) is 10.9. The Balaban J connectivity index is 1.80. The number of carbonyl (C=O) groups is 1. The highest BCUT2D eigenvalue weighted by molar-refractivity contribution is 7.89. The van der Waals surface area contributed by atoms with Gasteiger partial charge in [-0.1, -0.05) is 29.8 Å². The molecule has 0 amide bonds. The molecule has 6 nitrogen and oxygen atoms in total. The van der Waals surface area contributed by atoms with E-state index in [1.807, 2.05) is 4.90 Å². The summed E-state index contributed by atoms with van der Waals surface area (Å²) in [5, 5.41) is 0.549. The number of esters is 1. The Hall–Kier alpha value is -2.00. The molecule has 29 heavy (non-hydrogen) atoms. The van der Waals surface area contributed by atoms with Crippen molar-refractivity contribution in [3.05, 3.63) is 64.4 Å². The van der Waals surface area contributed by atoms with Crippen LogP contribution in [0.15, 0.2) is 47.4 Å². The van der Waals surface area contributed by atoms with Crippen molar-refractivity contribution in [1.82, 2.24) is 9.21 Å². The van der Waals surface area contributed by atoms with Gasteiger partial charge in [0, 0.05) is 31.2 Å².